The molecule has 1 N–H and O–H groups in total. The molecule has 2 aliphatic rings. The Morgan fingerprint density at radius 3 is 2.50 bits per heavy atom. The number of aryl methyl sites for hydroxylation is 1. The van der Waals surface area contributed by atoms with Gasteiger partial charge in [0.25, 0.3) is 11.7 Å². The number of aliphatic hydroxyl groups excluding tert-OH is 1. The number of hydrogen-bond acceptors (Lipinski definition) is 6. The first-order valence-electron chi connectivity index (χ1n) is 12.5. The van der Waals surface area contributed by atoms with Crippen molar-refractivity contribution in [2.75, 3.05) is 46.0 Å². The minimum atomic E-state index is -0.691. The summed E-state index contributed by atoms with van der Waals surface area (Å²) < 4.78 is 11.2. The number of likely N-dealkylation sites (tertiary alicyclic amines) is 1. The Hall–Kier alpha value is -2.87. The summed E-state index contributed by atoms with van der Waals surface area (Å²) in [7, 11) is 0. The topological polar surface area (TPSA) is 79.3 Å². The summed E-state index contributed by atoms with van der Waals surface area (Å²) >= 11 is 6.11. The third-order valence-electron chi connectivity index (χ3n) is 6.61. The second-order valence-electron chi connectivity index (χ2n) is 9.18. The van der Waals surface area contributed by atoms with E-state index in [0.29, 0.717) is 43.4 Å². The third kappa shape index (κ3) is 5.75. The van der Waals surface area contributed by atoms with Gasteiger partial charge in [0.05, 0.1) is 31.4 Å². The quantitative estimate of drug-likeness (QED) is 0.301. The molecule has 0 saturated carbocycles. The minimum Gasteiger partial charge on any atom is -0.507 e. The van der Waals surface area contributed by atoms with Gasteiger partial charge in [-0.25, -0.2) is 0 Å². The van der Waals surface area contributed by atoms with Crippen molar-refractivity contribution < 1.29 is 24.2 Å². The van der Waals surface area contributed by atoms with E-state index in [1.807, 2.05) is 13.8 Å². The first kappa shape index (κ1) is 26.2. The third-order valence-corrected chi connectivity index (χ3v) is 6.86. The van der Waals surface area contributed by atoms with Crippen molar-refractivity contribution in [2.45, 2.75) is 32.7 Å². The smallest absolute Gasteiger partial charge is 0.295 e. The average molecular weight is 513 g/mol. The average Bonchev–Trinajstić information content (AvgIpc) is 3.13. The van der Waals surface area contributed by atoms with E-state index in [-0.39, 0.29) is 11.3 Å². The predicted molar refractivity (Wildman–Crippen MR) is 139 cm³/mol. The number of ketones is 1. The summed E-state index contributed by atoms with van der Waals surface area (Å²) in [6.45, 7) is 8.85. The zero-order chi connectivity index (χ0) is 25.7. The highest BCUT2D eigenvalue weighted by atomic mass is 35.5. The van der Waals surface area contributed by atoms with Crippen molar-refractivity contribution in [1.82, 2.24) is 9.80 Å². The summed E-state index contributed by atoms with van der Waals surface area (Å²) in [5.74, 6) is -0.735. The zero-order valence-electron chi connectivity index (χ0n) is 20.8. The Balaban J connectivity index is 1.66. The lowest BCUT2D eigenvalue weighted by Crippen LogP contribution is -2.38. The number of carbonyl (C=O) groups excluding carboxylic acids is 2. The van der Waals surface area contributed by atoms with Crippen LogP contribution in [0.2, 0.25) is 5.02 Å². The summed E-state index contributed by atoms with van der Waals surface area (Å²) in [5, 5.41) is 11.9. The number of aliphatic hydroxyl groups is 1. The van der Waals surface area contributed by atoms with Crippen LogP contribution in [0.1, 0.15) is 42.5 Å². The van der Waals surface area contributed by atoms with E-state index < -0.39 is 17.7 Å². The molecule has 1 atom stereocenters. The van der Waals surface area contributed by atoms with Crippen molar-refractivity contribution in [3.05, 3.63) is 69.8 Å². The van der Waals surface area contributed by atoms with Crippen LogP contribution in [0.4, 0.5) is 0 Å². The van der Waals surface area contributed by atoms with Gasteiger partial charge in [0.2, 0.25) is 0 Å². The number of nitrogens with zero attached hydrogens (tertiary/aromatic N) is 2. The molecule has 8 heteroatoms. The zero-order valence-corrected chi connectivity index (χ0v) is 21.6. The Morgan fingerprint density at radius 1 is 1.11 bits per heavy atom. The molecular weight excluding hydrogens is 480 g/mol. The molecule has 0 bridgehead atoms. The van der Waals surface area contributed by atoms with Crippen LogP contribution in [0.3, 0.4) is 0 Å². The standard InChI is InChI=1S/C28H33ClN2O5/c1-3-15-36-23-10-7-21(18-19(23)2)26(32)24-25(20-5-8-22(29)9-6-20)31(28(34)27(24)33)12-4-11-30-13-16-35-17-14-30/h5-10,18,25,32H,3-4,11-17H2,1-2H3/b26-24+. The molecule has 0 spiro atoms. The van der Waals surface area contributed by atoms with Gasteiger partial charge in [0.1, 0.15) is 11.5 Å². The number of hydrogen-bond donors (Lipinski definition) is 1. The van der Waals surface area contributed by atoms with Gasteiger partial charge in [0.15, 0.2) is 0 Å². The molecule has 0 aliphatic carbocycles. The molecule has 2 heterocycles. The number of halogens is 1. The number of amides is 1. The summed E-state index contributed by atoms with van der Waals surface area (Å²) in [5.41, 5.74) is 2.14. The second kappa shape index (κ2) is 11.9. The summed E-state index contributed by atoms with van der Waals surface area (Å²) in [6.07, 6.45) is 1.59. The highest BCUT2D eigenvalue weighted by Gasteiger charge is 2.45. The van der Waals surface area contributed by atoms with Crippen LogP contribution in [0.25, 0.3) is 5.76 Å². The van der Waals surface area contributed by atoms with E-state index in [9.17, 15) is 14.7 Å². The van der Waals surface area contributed by atoms with Crippen molar-refractivity contribution in [2.24, 2.45) is 0 Å². The van der Waals surface area contributed by atoms with E-state index in [1.54, 1.807) is 47.4 Å². The molecule has 36 heavy (non-hydrogen) atoms. The van der Waals surface area contributed by atoms with Crippen LogP contribution in [0, 0.1) is 6.92 Å². The number of rotatable bonds is 9. The maximum Gasteiger partial charge on any atom is 0.295 e. The van der Waals surface area contributed by atoms with E-state index in [0.717, 1.165) is 42.9 Å². The van der Waals surface area contributed by atoms with Gasteiger partial charge in [0, 0.05) is 36.8 Å². The first-order chi connectivity index (χ1) is 17.4. The van der Waals surface area contributed by atoms with Crippen molar-refractivity contribution in [1.29, 1.82) is 0 Å². The molecule has 1 amide bonds. The largest absolute Gasteiger partial charge is 0.507 e. The Bertz CT molecular complexity index is 1130. The maximum absolute atomic E-state index is 13.3. The summed E-state index contributed by atoms with van der Waals surface area (Å²) in [4.78, 5) is 30.3. The van der Waals surface area contributed by atoms with Gasteiger partial charge in [-0.3, -0.25) is 14.5 Å². The number of Topliss-reactive ketones (excluding diaryl/α,β-unsaturated/α-hetero) is 1. The lowest BCUT2D eigenvalue weighted by Gasteiger charge is -2.29. The monoisotopic (exact) mass is 512 g/mol. The van der Waals surface area contributed by atoms with E-state index in [1.165, 1.54) is 0 Å². The van der Waals surface area contributed by atoms with Gasteiger partial charge in [-0.15, -0.1) is 0 Å². The van der Waals surface area contributed by atoms with Gasteiger partial charge in [-0.2, -0.15) is 0 Å². The van der Waals surface area contributed by atoms with Crippen molar-refractivity contribution in [3.8, 4) is 5.75 Å². The highest BCUT2D eigenvalue weighted by molar-refractivity contribution is 6.46. The van der Waals surface area contributed by atoms with Crippen molar-refractivity contribution in [3.63, 3.8) is 0 Å². The fraction of sp³-hybridized carbons (Fsp3) is 0.429. The van der Waals surface area contributed by atoms with Crippen LogP contribution in [0.5, 0.6) is 5.75 Å². The second-order valence-corrected chi connectivity index (χ2v) is 9.62. The molecule has 1 unspecified atom stereocenters. The number of ether oxygens (including phenoxy) is 2. The minimum absolute atomic E-state index is 0.0929. The summed E-state index contributed by atoms with van der Waals surface area (Å²) in [6, 6.07) is 11.7. The molecule has 7 nitrogen and oxygen atoms in total. The Morgan fingerprint density at radius 2 is 1.83 bits per heavy atom. The van der Waals surface area contributed by atoms with E-state index >= 15 is 0 Å². The van der Waals surface area contributed by atoms with Crippen LogP contribution in [-0.4, -0.2) is 72.6 Å². The fourth-order valence-corrected chi connectivity index (χ4v) is 4.84. The Labute approximate surface area is 217 Å². The number of morpholine rings is 1. The normalized spacial score (nSPS) is 20.2. The first-order valence-corrected chi connectivity index (χ1v) is 12.9. The number of benzene rings is 2. The molecular formula is C28H33ClN2O5. The van der Waals surface area contributed by atoms with Gasteiger partial charge in [-0.1, -0.05) is 30.7 Å². The molecule has 2 saturated heterocycles. The van der Waals surface area contributed by atoms with Gasteiger partial charge in [-0.05, 0) is 61.2 Å². The number of carbonyl (C=O) groups is 2. The highest BCUT2D eigenvalue weighted by Crippen LogP contribution is 2.40. The SMILES string of the molecule is CCCOc1ccc(/C(O)=C2\C(=O)C(=O)N(CCCN3CCOCC3)C2c2ccc(Cl)cc2)cc1C. The van der Waals surface area contributed by atoms with Crippen LogP contribution < -0.4 is 4.74 Å². The molecule has 2 fully saturated rings. The molecule has 2 aromatic carbocycles. The molecule has 192 valence electrons. The lowest BCUT2D eigenvalue weighted by atomic mass is 9.94. The van der Waals surface area contributed by atoms with E-state index in [2.05, 4.69) is 4.90 Å². The van der Waals surface area contributed by atoms with Gasteiger partial charge >= 0.3 is 0 Å². The maximum atomic E-state index is 13.3. The Kier molecular flexibility index (Phi) is 8.67. The molecule has 2 aliphatic heterocycles. The van der Waals surface area contributed by atoms with Gasteiger partial charge < -0.3 is 19.5 Å². The predicted octanol–water partition coefficient (Wildman–Crippen LogP) is 4.58. The molecule has 2 aromatic rings. The molecule has 0 radical (unpaired) electrons. The fourth-order valence-electron chi connectivity index (χ4n) is 4.72. The van der Waals surface area contributed by atoms with E-state index in [4.69, 9.17) is 21.1 Å². The van der Waals surface area contributed by atoms with Crippen molar-refractivity contribution >= 4 is 29.1 Å². The molecule has 4 rings (SSSR count). The van der Waals surface area contributed by atoms with Crippen LogP contribution >= 0.6 is 11.6 Å². The van der Waals surface area contributed by atoms with Crippen LogP contribution in [-0.2, 0) is 14.3 Å². The molecule has 0 aromatic heterocycles. The van der Waals surface area contributed by atoms with Crippen LogP contribution in [0.15, 0.2) is 48.0 Å². The lowest BCUT2D eigenvalue weighted by molar-refractivity contribution is -0.140.